The molecule has 4 amide bonds. The molecule has 1 unspecified atom stereocenters. The summed E-state index contributed by atoms with van der Waals surface area (Å²) < 4.78 is 0. The summed E-state index contributed by atoms with van der Waals surface area (Å²) in [6.07, 6.45) is 0.562. The maximum atomic E-state index is 11.8. The van der Waals surface area contributed by atoms with Crippen LogP contribution in [0.1, 0.15) is 12.8 Å². The van der Waals surface area contributed by atoms with E-state index in [0.717, 1.165) is 4.90 Å². The number of carbonyl (C=O) groups excluding carboxylic acids is 3. The number of nitrogens with two attached hydrogens (primary N) is 1. The molecule has 1 aliphatic heterocycles. The molecule has 1 aliphatic rings. The first-order valence-electron chi connectivity index (χ1n) is 6.21. The number of urea groups is 1. The molecule has 1 aromatic carbocycles. The van der Waals surface area contributed by atoms with Crippen LogP contribution in [0, 0.1) is 0 Å². The molecule has 4 N–H and O–H groups in total. The van der Waals surface area contributed by atoms with Gasteiger partial charge >= 0.3 is 6.03 Å². The molecule has 1 saturated heterocycles. The molecule has 20 heavy (non-hydrogen) atoms. The Hall–Kier alpha value is -2.57. The summed E-state index contributed by atoms with van der Waals surface area (Å²) >= 11 is 0. The number of rotatable bonds is 2. The van der Waals surface area contributed by atoms with Crippen LogP contribution in [-0.4, -0.2) is 35.8 Å². The third kappa shape index (κ3) is 3.05. The Labute approximate surface area is 116 Å². The fourth-order valence-electron chi connectivity index (χ4n) is 1.94. The Morgan fingerprint density at radius 3 is 2.60 bits per heavy atom. The van der Waals surface area contributed by atoms with Gasteiger partial charge in [-0.2, -0.15) is 0 Å². The Morgan fingerprint density at radius 2 is 1.95 bits per heavy atom. The number of nitrogens with zero attached hydrogens (tertiary/aromatic N) is 1. The van der Waals surface area contributed by atoms with Crippen molar-refractivity contribution in [3.8, 4) is 0 Å². The SMILES string of the molecule is CN1C(=O)CCC(NC(=O)Nc2ccc(N)cc2)C1=O. The molecule has 0 bridgehead atoms. The van der Waals surface area contributed by atoms with Gasteiger partial charge in [0, 0.05) is 24.8 Å². The maximum Gasteiger partial charge on any atom is 0.319 e. The van der Waals surface area contributed by atoms with E-state index in [0.29, 0.717) is 17.8 Å². The second kappa shape index (κ2) is 5.60. The van der Waals surface area contributed by atoms with Crippen molar-refractivity contribution < 1.29 is 14.4 Å². The van der Waals surface area contributed by atoms with Gasteiger partial charge in [-0.3, -0.25) is 14.5 Å². The van der Waals surface area contributed by atoms with Gasteiger partial charge in [-0.05, 0) is 30.7 Å². The lowest BCUT2D eigenvalue weighted by Gasteiger charge is -2.28. The quantitative estimate of drug-likeness (QED) is 0.541. The van der Waals surface area contributed by atoms with Gasteiger partial charge in [0.15, 0.2) is 0 Å². The van der Waals surface area contributed by atoms with E-state index in [1.807, 2.05) is 0 Å². The molecule has 1 atom stereocenters. The highest BCUT2D eigenvalue weighted by Crippen LogP contribution is 2.13. The number of carbonyl (C=O) groups is 3. The average Bonchev–Trinajstić information content (AvgIpc) is 2.42. The summed E-state index contributed by atoms with van der Waals surface area (Å²) in [4.78, 5) is 36.0. The van der Waals surface area contributed by atoms with E-state index in [-0.39, 0.29) is 12.3 Å². The van der Waals surface area contributed by atoms with Crippen LogP contribution >= 0.6 is 0 Å². The highest BCUT2D eigenvalue weighted by atomic mass is 16.2. The summed E-state index contributed by atoms with van der Waals surface area (Å²) in [5.74, 6) is -0.624. The molecule has 0 spiro atoms. The fraction of sp³-hybridized carbons (Fsp3) is 0.308. The van der Waals surface area contributed by atoms with Crippen molar-refractivity contribution in [2.45, 2.75) is 18.9 Å². The summed E-state index contributed by atoms with van der Waals surface area (Å²) in [7, 11) is 1.41. The zero-order chi connectivity index (χ0) is 14.7. The van der Waals surface area contributed by atoms with Gasteiger partial charge < -0.3 is 16.4 Å². The minimum absolute atomic E-state index is 0.230. The molecule has 2 rings (SSSR count). The predicted octanol–water partition coefficient (Wildman–Crippen LogP) is 0.538. The van der Waals surface area contributed by atoms with Crippen molar-refractivity contribution >= 4 is 29.2 Å². The lowest BCUT2D eigenvalue weighted by molar-refractivity contribution is -0.147. The standard InChI is InChI=1S/C13H16N4O3/c1-17-11(18)7-6-10(12(17)19)16-13(20)15-9-4-2-8(14)3-5-9/h2-5,10H,6-7,14H2,1H3,(H2,15,16,20). The number of benzene rings is 1. The third-order valence-electron chi connectivity index (χ3n) is 3.12. The van der Waals surface area contributed by atoms with Crippen molar-refractivity contribution in [2.75, 3.05) is 18.1 Å². The molecular formula is C13H16N4O3. The largest absolute Gasteiger partial charge is 0.399 e. The van der Waals surface area contributed by atoms with Gasteiger partial charge in [0.2, 0.25) is 5.91 Å². The fourth-order valence-corrected chi connectivity index (χ4v) is 1.94. The van der Waals surface area contributed by atoms with Gasteiger partial charge in [0.25, 0.3) is 5.91 Å². The van der Waals surface area contributed by atoms with E-state index in [1.54, 1.807) is 24.3 Å². The summed E-state index contributed by atoms with van der Waals surface area (Å²) in [5, 5.41) is 5.16. The Morgan fingerprint density at radius 1 is 1.30 bits per heavy atom. The van der Waals surface area contributed by atoms with Crippen LogP contribution in [-0.2, 0) is 9.59 Å². The molecule has 0 radical (unpaired) electrons. The Balaban J connectivity index is 1.93. The molecule has 0 aromatic heterocycles. The molecule has 106 valence electrons. The molecule has 1 aromatic rings. The first-order valence-corrected chi connectivity index (χ1v) is 6.21. The number of hydrogen-bond acceptors (Lipinski definition) is 4. The monoisotopic (exact) mass is 276 g/mol. The van der Waals surface area contributed by atoms with Gasteiger partial charge in [-0.15, -0.1) is 0 Å². The number of piperidine rings is 1. The van der Waals surface area contributed by atoms with Crippen LogP contribution in [0.4, 0.5) is 16.2 Å². The predicted molar refractivity (Wildman–Crippen MR) is 73.8 cm³/mol. The molecule has 1 heterocycles. The number of imide groups is 1. The second-order valence-electron chi connectivity index (χ2n) is 4.60. The van der Waals surface area contributed by atoms with Gasteiger partial charge in [0.05, 0.1) is 0 Å². The number of hydrogen-bond donors (Lipinski definition) is 3. The van der Waals surface area contributed by atoms with Crippen molar-refractivity contribution in [3.63, 3.8) is 0 Å². The summed E-state index contributed by atoms with van der Waals surface area (Å²) in [6, 6.07) is 5.48. The summed E-state index contributed by atoms with van der Waals surface area (Å²) in [5.41, 5.74) is 6.71. The number of amides is 4. The topological polar surface area (TPSA) is 105 Å². The lowest BCUT2D eigenvalue weighted by Crippen LogP contribution is -2.53. The average molecular weight is 276 g/mol. The van der Waals surface area contributed by atoms with Gasteiger partial charge in [-0.25, -0.2) is 4.79 Å². The molecule has 0 saturated carbocycles. The van der Waals surface area contributed by atoms with Crippen LogP contribution in [0.25, 0.3) is 0 Å². The van der Waals surface area contributed by atoms with Crippen molar-refractivity contribution in [1.82, 2.24) is 10.2 Å². The first-order chi connectivity index (χ1) is 9.47. The maximum absolute atomic E-state index is 11.8. The normalized spacial score (nSPS) is 18.9. The number of nitrogens with one attached hydrogen (secondary N) is 2. The van der Waals surface area contributed by atoms with Crippen molar-refractivity contribution in [3.05, 3.63) is 24.3 Å². The zero-order valence-corrected chi connectivity index (χ0v) is 11.1. The third-order valence-corrected chi connectivity index (χ3v) is 3.12. The highest BCUT2D eigenvalue weighted by molar-refractivity contribution is 6.02. The van der Waals surface area contributed by atoms with Crippen molar-refractivity contribution in [2.24, 2.45) is 0 Å². The van der Waals surface area contributed by atoms with Crippen LogP contribution < -0.4 is 16.4 Å². The lowest BCUT2D eigenvalue weighted by atomic mass is 10.1. The van der Waals surface area contributed by atoms with Crippen LogP contribution in [0.2, 0.25) is 0 Å². The molecule has 0 aliphatic carbocycles. The number of anilines is 2. The number of nitrogen functional groups attached to an aromatic ring is 1. The summed E-state index contributed by atoms with van der Waals surface area (Å²) in [6.45, 7) is 0. The number of likely N-dealkylation sites (N-methyl/N-ethyl adjacent to an activating group) is 1. The zero-order valence-electron chi connectivity index (χ0n) is 11.1. The molecule has 1 fully saturated rings. The van der Waals surface area contributed by atoms with Crippen LogP contribution in [0.3, 0.4) is 0 Å². The molecular weight excluding hydrogens is 260 g/mol. The van der Waals surface area contributed by atoms with Gasteiger partial charge in [-0.1, -0.05) is 0 Å². The van der Waals surface area contributed by atoms with E-state index >= 15 is 0 Å². The van der Waals surface area contributed by atoms with Crippen molar-refractivity contribution in [1.29, 1.82) is 0 Å². The smallest absolute Gasteiger partial charge is 0.319 e. The van der Waals surface area contributed by atoms with Crippen LogP contribution in [0.5, 0.6) is 0 Å². The van der Waals surface area contributed by atoms with E-state index in [4.69, 9.17) is 5.73 Å². The van der Waals surface area contributed by atoms with E-state index in [1.165, 1.54) is 7.05 Å². The minimum Gasteiger partial charge on any atom is -0.399 e. The molecule has 7 heteroatoms. The Kier molecular flexibility index (Phi) is 3.88. The molecule has 7 nitrogen and oxygen atoms in total. The minimum atomic E-state index is -0.675. The van der Waals surface area contributed by atoms with E-state index in [9.17, 15) is 14.4 Å². The van der Waals surface area contributed by atoms with E-state index < -0.39 is 18.0 Å². The first kappa shape index (κ1) is 13.9. The van der Waals surface area contributed by atoms with Gasteiger partial charge in [0.1, 0.15) is 6.04 Å². The van der Waals surface area contributed by atoms with E-state index in [2.05, 4.69) is 10.6 Å². The number of likely N-dealkylation sites (tertiary alicyclic amines) is 1. The van der Waals surface area contributed by atoms with Crippen LogP contribution in [0.15, 0.2) is 24.3 Å². The second-order valence-corrected chi connectivity index (χ2v) is 4.60. The highest BCUT2D eigenvalue weighted by Gasteiger charge is 2.32. The Bertz CT molecular complexity index is 541.